The third kappa shape index (κ3) is 3.32. The SMILES string of the molecule is CN(C)[C@H](Cc1ccccc1)C(=O)[NH+]1CCC[C@H]1C=O. The maximum absolute atomic E-state index is 12.7. The summed E-state index contributed by atoms with van der Waals surface area (Å²) in [4.78, 5) is 26.6. The zero-order valence-corrected chi connectivity index (χ0v) is 12.2. The molecule has 0 bridgehead atoms. The molecule has 1 heterocycles. The van der Waals surface area contributed by atoms with Crippen molar-refractivity contribution in [2.75, 3.05) is 20.6 Å². The van der Waals surface area contributed by atoms with Crippen molar-refractivity contribution in [2.45, 2.75) is 31.3 Å². The Balaban J connectivity index is 2.12. The Morgan fingerprint density at radius 2 is 2.10 bits per heavy atom. The van der Waals surface area contributed by atoms with Crippen molar-refractivity contribution in [3.8, 4) is 0 Å². The lowest BCUT2D eigenvalue weighted by Crippen LogP contribution is -3.18. The molecule has 20 heavy (non-hydrogen) atoms. The van der Waals surface area contributed by atoms with Crippen LogP contribution >= 0.6 is 0 Å². The first-order valence-electron chi connectivity index (χ1n) is 7.19. The average molecular weight is 275 g/mol. The number of benzene rings is 1. The van der Waals surface area contributed by atoms with Gasteiger partial charge in [-0.1, -0.05) is 30.3 Å². The average Bonchev–Trinajstić information content (AvgIpc) is 2.93. The summed E-state index contributed by atoms with van der Waals surface area (Å²) >= 11 is 0. The molecule has 0 spiro atoms. The Morgan fingerprint density at radius 3 is 2.70 bits per heavy atom. The van der Waals surface area contributed by atoms with E-state index in [9.17, 15) is 9.59 Å². The highest BCUT2D eigenvalue weighted by Gasteiger charge is 2.39. The van der Waals surface area contributed by atoms with E-state index >= 15 is 0 Å². The fourth-order valence-electron chi connectivity index (χ4n) is 2.89. The van der Waals surface area contributed by atoms with Crippen molar-refractivity contribution in [1.29, 1.82) is 0 Å². The van der Waals surface area contributed by atoms with E-state index in [1.807, 2.05) is 49.3 Å². The first-order chi connectivity index (χ1) is 9.63. The van der Waals surface area contributed by atoms with Crippen molar-refractivity contribution >= 4 is 12.2 Å². The van der Waals surface area contributed by atoms with E-state index in [4.69, 9.17) is 0 Å². The third-order valence-corrected chi connectivity index (χ3v) is 4.09. The van der Waals surface area contributed by atoms with Crippen molar-refractivity contribution < 1.29 is 14.5 Å². The second kappa shape index (κ2) is 6.77. The number of amides is 1. The molecule has 0 aromatic heterocycles. The summed E-state index contributed by atoms with van der Waals surface area (Å²) in [6.07, 6.45) is 3.42. The van der Waals surface area contributed by atoms with Crippen LogP contribution in [0.4, 0.5) is 0 Å². The maximum atomic E-state index is 12.7. The standard InChI is InChI=1S/C16H22N2O2/c1-17(2)15(11-13-7-4-3-5-8-13)16(20)18-10-6-9-14(18)12-19/h3-5,7-8,12,14-15H,6,9-11H2,1-2H3/p+1/t14-,15+/m0/s1. The van der Waals surface area contributed by atoms with Crippen LogP contribution in [0.5, 0.6) is 0 Å². The maximum Gasteiger partial charge on any atom is 0.330 e. The van der Waals surface area contributed by atoms with Crippen molar-refractivity contribution in [3.05, 3.63) is 35.9 Å². The predicted octanol–water partition coefficient (Wildman–Crippen LogP) is -0.0679. The number of nitrogens with one attached hydrogen (secondary N) is 1. The zero-order valence-electron chi connectivity index (χ0n) is 12.2. The molecule has 1 unspecified atom stereocenters. The zero-order chi connectivity index (χ0) is 14.5. The Bertz CT molecular complexity index is 459. The fraction of sp³-hybridized carbons (Fsp3) is 0.500. The molecular formula is C16H23N2O2+. The van der Waals surface area contributed by atoms with Gasteiger partial charge in [-0.3, -0.25) is 14.6 Å². The molecule has 4 heteroatoms. The van der Waals surface area contributed by atoms with Gasteiger partial charge in [-0.25, -0.2) is 4.79 Å². The van der Waals surface area contributed by atoms with Crippen molar-refractivity contribution in [1.82, 2.24) is 4.90 Å². The van der Waals surface area contributed by atoms with Gasteiger partial charge in [0.05, 0.1) is 6.54 Å². The van der Waals surface area contributed by atoms with E-state index in [0.717, 1.165) is 36.1 Å². The largest absolute Gasteiger partial charge is 0.330 e. The number of aldehydes is 1. The Hall–Kier alpha value is -1.52. The number of hydrogen-bond donors (Lipinski definition) is 1. The molecule has 1 amide bonds. The van der Waals surface area contributed by atoms with Gasteiger partial charge in [0.2, 0.25) is 0 Å². The van der Waals surface area contributed by atoms with Crippen molar-refractivity contribution in [2.24, 2.45) is 0 Å². The second-order valence-electron chi connectivity index (χ2n) is 5.69. The molecule has 0 radical (unpaired) electrons. The minimum Gasteiger partial charge on any atom is -0.297 e. The molecule has 1 aliphatic rings. The molecule has 4 nitrogen and oxygen atoms in total. The van der Waals surface area contributed by atoms with Crippen LogP contribution < -0.4 is 4.90 Å². The van der Waals surface area contributed by atoms with Gasteiger partial charge in [-0.05, 0) is 19.7 Å². The normalized spacial score (nSPS) is 23.8. The van der Waals surface area contributed by atoms with Gasteiger partial charge in [0, 0.05) is 19.3 Å². The first-order valence-corrected chi connectivity index (χ1v) is 7.19. The molecule has 108 valence electrons. The monoisotopic (exact) mass is 275 g/mol. The van der Waals surface area contributed by atoms with Crippen LogP contribution in [-0.4, -0.2) is 49.8 Å². The first kappa shape index (κ1) is 14.9. The summed E-state index contributed by atoms with van der Waals surface area (Å²) in [6.45, 7) is 0.779. The van der Waals surface area contributed by atoms with Gasteiger partial charge in [0.1, 0.15) is 6.04 Å². The van der Waals surface area contributed by atoms with E-state index in [-0.39, 0.29) is 18.0 Å². The van der Waals surface area contributed by atoms with Crippen LogP contribution in [0.2, 0.25) is 0 Å². The lowest BCUT2D eigenvalue weighted by molar-refractivity contribution is -0.823. The molecule has 0 saturated carbocycles. The predicted molar refractivity (Wildman–Crippen MR) is 77.5 cm³/mol. The van der Waals surface area contributed by atoms with Crippen LogP contribution in [-0.2, 0) is 16.0 Å². The Labute approximate surface area is 120 Å². The highest BCUT2D eigenvalue weighted by atomic mass is 16.2. The quantitative estimate of drug-likeness (QED) is 0.765. The molecule has 1 saturated heterocycles. The van der Waals surface area contributed by atoms with Gasteiger partial charge in [-0.2, -0.15) is 0 Å². The molecule has 0 aliphatic carbocycles. The minimum absolute atomic E-state index is 0.147. The number of quaternary nitrogens is 1. The molecule has 1 fully saturated rings. The van der Waals surface area contributed by atoms with Crippen LogP contribution in [0.1, 0.15) is 18.4 Å². The van der Waals surface area contributed by atoms with Crippen LogP contribution in [0.15, 0.2) is 30.3 Å². The van der Waals surface area contributed by atoms with Crippen molar-refractivity contribution in [3.63, 3.8) is 0 Å². The topological polar surface area (TPSA) is 41.8 Å². The summed E-state index contributed by atoms with van der Waals surface area (Å²) in [6, 6.07) is 9.71. The van der Waals surface area contributed by atoms with Crippen LogP contribution in [0.3, 0.4) is 0 Å². The molecule has 1 aromatic rings. The second-order valence-corrected chi connectivity index (χ2v) is 5.69. The van der Waals surface area contributed by atoms with E-state index in [1.54, 1.807) is 0 Å². The Morgan fingerprint density at radius 1 is 1.40 bits per heavy atom. The van der Waals surface area contributed by atoms with E-state index in [1.165, 1.54) is 0 Å². The molecule has 3 atom stereocenters. The highest BCUT2D eigenvalue weighted by Crippen LogP contribution is 2.07. The smallest absolute Gasteiger partial charge is 0.297 e. The number of rotatable bonds is 5. The van der Waals surface area contributed by atoms with E-state index in [0.29, 0.717) is 6.42 Å². The summed E-state index contributed by atoms with van der Waals surface area (Å²) in [5, 5.41) is 0. The lowest BCUT2D eigenvalue weighted by atomic mass is 10.0. The number of carbonyl (C=O) groups excluding carboxylic acids is 2. The van der Waals surface area contributed by atoms with Gasteiger partial charge in [-0.15, -0.1) is 0 Å². The minimum atomic E-state index is -0.173. The highest BCUT2D eigenvalue weighted by molar-refractivity contribution is 5.75. The number of likely N-dealkylation sites (N-methyl/N-ethyl adjacent to an activating group) is 1. The van der Waals surface area contributed by atoms with Gasteiger partial charge in [0.15, 0.2) is 12.3 Å². The van der Waals surface area contributed by atoms with E-state index in [2.05, 4.69) is 0 Å². The summed E-state index contributed by atoms with van der Waals surface area (Å²) in [5.74, 6) is 0.147. The molecule has 1 aliphatic heterocycles. The fourth-order valence-corrected chi connectivity index (χ4v) is 2.89. The van der Waals surface area contributed by atoms with Gasteiger partial charge in [0.25, 0.3) is 0 Å². The summed E-state index contributed by atoms with van der Waals surface area (Å²) < 4.78 is 0. The molecule has 1 aromatic carbocycles. The van der Waals surface area contributed by atoms with E-state index < -0.39 is 0 Å². The van der Waals surface area contributed by atoms with Gasteiger partial charge >= 0.3 is 5.91 Å². The third-order valence-electron chi connectivity index (χ3n) is 4.09. The number of nitrogens with zero attached hydrogens (tertiary/aromatic N) is 1. The van der Waals surface area contributed by atoms with Gasteiger partial charge < -0.3 is 0 Å². The lowest BCUT2D eigenvalue weighted by Gasteiger charge is -2.26. The molecule has 2 rings (SSSR count). The molecule has 1 N–H and O–H groups in total. The number of hydrogen-bond acceptors (Lipinski definition) is 3. The van der Waals surface area contributed by atoms with Crippen LogP contribution in [0.25, 0.3) is 0 Å². The summed E-state index contributed by atoms with van der Waals surface area (Å²) in [7, 11) is 3.86. The number of likely N-dealkylation sites (tertiary alicyclic amines) is 1. The Kier molecular flexibility index (Phi) is 5.04. The summed E-state index contributed by atoms with van der Waals surface area (Å²) in [5.41, 5.74) is 1.15. The number of carbonyl (C=O) groups is 2. The van der Waals surface area contributed by atoms with Crippen LogP contribution in [0, 0.1) is 0 Å². The molecular weight excluding hydrogens is 252 g/mol.